The second kappa shape index (κ2) is 2.83. The molecule has 0 bridgehead atoms. The zero-order valence-corrected chi connectivity index (χ0v) is 9.97. The highest BCUT2D eigenvalue weighted by molar-refractivity contribution is 9.10. The second-order valence-corrected chi connectivity index (χ2v) is 7.27. The van der Waals surface area contributed by atoms with Crippen LogP contribution in [0.3, 0.4) is 0 Å². The molecule has 2 unspecified atom stereocenters. The highest BCUT2D eigenvalue weighted by Crippen LogP contribution is 2.48. The maximum absolute atomic E-state index is 12.3. The molecule has 4 heteroatoms. The van der Waals surface area contributed by atoms with Crippen molar-refractivity contribution >= 4 is 31.3 Å². The van der Waals surface area contributed by atoms with Crippen molar-refractivity contribution in [2.75, 3.05) is 5.75 Å². The average Bonchev–Trinajstić information content (AvgIpc) is 2.60. The van der Waals surface area contributed by atoms with Crippen molar-refractivity contribution in [3.05, 3.63) is 28.2 Å². The van der Waals surface area contributed by atoms with Crippen molar-refractivity contribution in [1.82, 2.24) is 0 Å². The minimum atomic E-state index is -1.93. The number of hydrogen-bond acceptors (Lipinski definition) is 2. The van der Waals surface area contributed by atoms with Crippen molar-refractivity contribution in [2.45, 2.75) is 18.1 Å². The summed E-state index contributed by atoms with van der Waals surface area (Å²) < 4.78 is 17.8. The number of rotatable bonds is 0. The minimum absolute atomic E-state index is 0.204. The van der Waals surface area contributed by atoms with Crippen LogP contribution in [-0.2, 0) is 9.73 Å². The number of nitrogens with zero attached hydrogens (tertiary/aromatic N) is 1. The fourth-order valence-electron chi connectivity index (χ4n) is 2.30. The summed E-state index contributed by atoms with van der Waals surface area (Å²) in [5, 5.41) is 0.204. The van der Waals surface area contributed by atoms with E-state index in [-0.39, 0.29) is 5.25 Å². The van der Waals surface area contributed by atoms with E-state index in [9.17, 15) is 4.21 Å². The van der Waals surface area contributed by atoms with Gasteiger partial charge < -0.3 is 0 Å². The van der Waals surface area contributed by atoms with E-state index in [1.54, 1.807) is 0 Å². The molecule has 0 radical (unpaired) electrons. The molecule has 1 saturated heterocycles. The maximum atomic E-state index is 12.3. The first-order valence-electron chi connectivity index (χ1n) is 4.72. The molecule has 74 valence electrons. The molecule has 1 aromatic carbocycles. The number of halogens is 1. The standard InChI is InChI=1S/C10H10BrNOS/c11-7-3-4-9-8(6-7)10-2-1-5-14(10,13)12-9/h3-4,6,10H,1-2,5H2. The first-order chi connectivity index (χ1) is 6.69. The van der Waals surface area contributed by atoms with Gasteiger partial charge in [-0.05, 0) is 36.6 Å². The third-order valence-electron chi connectivity index (χ3n) is 2.94. The predicted octanol–water partition coefficient (Wildman–Crippen LogP) is 3.40. The summed E-state index contributed by atoms with van der Waals surface area (Å²) in [5.74, 6) is 0.782. The van der Waals surface area contributed by atoms with Crippen LogP contribution in [0.2, 0.25) is 0 Å². The molecule has 0 aromatic heterocycles. The molecule has 3 rings (SSSR count). The van der Waals surface area contributed by atoms with Crippen LogP contribution in [0.25, 0.3) is 0 Å². The molecule has 0 saturated carbocycles. The van der Waals surface area contributed by atoms with E-state index in [0.29, 0.717) is 0 Å². The van der Waals surface area contributed by atoms with E-state index >= 15 is 0 Å². The first-order valence-corrected chi connectivity index (χ1v) is 7.26. The molecule has 0 amide bonds. The van der Waals surface area contributed by atoms with E-state index in [4.69, 9.17) is 0 Å². The van der Waals surface area contributed by atoms with Crippen LogP contribution in [-0.4, -0.2) is 9.96 Å². The number of fused-ring (bicyclic) bond motifs is 3. The highest BCUT2D eigenvalue weighted by atomic mass is 79.9. The molecular weight excluding hydrogens is 262 g/mol. The van der Waals surface area contributed by atoms with Gasteiger partial charge in [-0.3, -0.25) is 0 Å². The summed E-state index contributed by atoms with van der Waals surface area (Å²) in [4.78, 5) is 0. The molecule has 1 aromatic rings. The van der Waals surface area contributed by atoms with Crippen molar-refractivity contribution < 1.29 is 4.21 Å². The van der Waals surface area contributed by atoms with Crippen LogP contribution in [0.15, 0.2) is 27.0 Å². The highest BCUT2D eigenvalue weighted by Gasteiger charge is 2.37. The zero-order valence-electron chi connectivity index (χ0n) is 7.57. The minimum Gasteiger partial charge on any atom is -0.249 e. The Morgan fingerprint density at radius 1 is 1.50 bits per heavy atom. The van der Waals surface area contributed by atoms with E-state index < -0.39 is 9.73 Å². The van der Waals surface area contributed by atoms with Gasteiger partial charge in [0.25, 0.3) is 0 Å². The molecule has 0 spiro atoms. The van der Waals surface area contributed by atoms with Gasteiger partial charge in [-0.15, -0.1) is 0 Å². The Morgan fingerprint density at radius 2 is 2.36 bits per heavy atom. The molecule has 0 aliphatic carbocycles. The fourth-order valence-corrected chi connectivity index (χ4v) is 5.38. The lowest BCUT2D eigenvalue weighted by molar-refractivity contribution is 0.675. The third kappa shape index (κ3) is 1.10. The fraction of sp³-hybridized carbons (Fsp3) is 0.400. The van der Waals surface area contributed by atoms with Crippen LogP contribution in [0.5, 0.6) is 0 Å². The monoisotopic (exact) mass is 271 g/mol. The van der Waals surface area contributed by atoms with Crippen LogP contribution >= 0.6 is 15.9 Å². The molecule has 2 atom stereocenters. The Balaban J connectivity index is 2.26. The molecule has 14 heavy (non-hydrogen) atoms. The summed E-state index contributed by atoms with van der Waals surface area (Å²) in [5.41, 5.74) is 2.13. The Hall–Kier alpha value is -0.350. The number of hydrogen-bond donors (Lipinski definition) is 0. The molecule has 2 aliphatic heterocycles. The van der Waals surface area contributed by atoms with Crippen molar-refractivity contribution in [3.63, 3.8) is 0 Å². The van der Waals surface area contributed by atoms with Gasteiger partial charge in [-0.1, -0.05) is 15.9 Å². The van der Waals surface area contributed by atoms with Crippen LogP contribution in [0.1, 0.15) is 23.7 Å². The summed E-state index contributed by atoms with van der Waals surface area (Å²) in [6, 6.07) is 6.00. The molecule has 2 heterocycles. The van der Waals surface area contributed by atoms with Gasteiger partial charge in [-0.25, -0.2) is 4.21 Å². The van der Waals surface area contributed by atoms with E-state index in [1.165, 1.54) is 5.56 Å². The van der Waals surface area contributed by atoms with Gasteiger partial charge in [0.15, 0.2) is 0 Å². The Kier molecular flexibility index (Phi) is 1.80. The van der Waals surface area contributed by atoms with E-state index in [2.05, 4.69) is 26.4 Å². The SMILES string of the molecule is O=S12=Nc3ccc(Br)cc3C1CCC2. The molecular formula is C10H10BrNOS. The van der Waals surface area contributed by atoms with Crippen molar-refractivity contribution in [3.8, 4) is 0 Å². The molecule has 1 fully saturated rings. The first kappa shape index (κ1) is 8.92. The lowest BCUT2D eigenvalue weighted by Crippen LogP contribution is -2.01. The van der Waals surface area contributed by atoms with E-state index in [1.807, 2.05) is 12.1 Å². The quantitative estimate of drug-likeness (QED) is 0.711. The van der Waals surface area contributed by atoms with Gasteiger partial charge in [-0.2, -0.15) is 4.36 Å². The van der Waals surface area contributed by atoms with E-state index in [0.717, 1.165) is 28.8 Å². The third-order valence-corrected chi connectivity index (χ3v) is 6.19. The Morgan fingerprint density at radius 3 is 3.21 bits per heavy atom. The Labute approximate surface area is 92.0 Å². The lowest BCUT2D eigenvalue weighted by atomic mass is 10.1. The van der Waals surface area contributed by atoms with Gasteiger partial charge >= 0.3 is 0 Å². The zero-order chi connectivity index (χ0) is 9.76. The molecule has 2 nitrogen and oxygen atoms in total. The largest absolute Gasteiger partial charge is 0.249 e. The maximum Gasteiger partial charge on any atom is 0.0775 e. The summed E-state index contributed by atoms with van der Waals surface area (Å²) in [6.45, 7) is 0. The summed E-state index contributed by atoms with van der Waals surface area (Å²) in [6.07, 6.45) is 2.09. The van der Waals surface area contributed by atoms with Crippen LogP contribution in [0.4, 0.5) is 5.69 Å². The van der Waals surface area contributed by atoms with Crippen molar-refractivity contribution in [1.29, 1.82) is 0 Å². The Bertz CT molecular complexity index is 517. The van der Waals surface area contributed by atoms with Crippen LogP contribution in [0, 0.1) is 0 Å². The topological polar surface area (TPSA) is 29.4 Å². The smallest absolute Gasteiger partial charge is 0.0775 e. The number of benzene rings is 1. The van der Waals surface area contributed by atoms with Crippen LogP contribution < -0.4 is 0 Å². The van der Waals surface area contributed by atoms with Gasteiger partial charge in [0.2, 0.25) is 0 Å². The molecule has 2 aliphatic rings. The van der Waals surface area contributed by atoms with Gasteiger partial charge in [0.1, 0.15) is 0 Å². The predicted molar refractivity (Wildman–Crippen MR) is 61.2 cm³/mol. The van der Waals surface area contributed by atoms with Gasteiger partial charge in [0, 0.05) is 10.2 Å². The average molecular weight is 272 g/mol. The molecule has 0 N–H and O–H groups in total. The van der Waals surface area contributed by atoms with Gasteiger partial charge in [0.05, 0.1) is 20.7 Å². The van der Waals surface area contributed by atoms with Crippen molar-refractivity contribution in [2.24, 2.45) is 4.36 Å². The summed E-state index contributed by atoms with van der Waals surface area (Å²) in [7, 11) is -1.93. The summed E-state index contributed by atoms with van der Waals surface area (Å²) >= 11 is 3.45. The second-order valence-electron chi connectivity index (χ2n) is 3.82. The lowest BCUT2D eigenvalue weighted by Gasteiger charge is -2.06. The normalized spacial score (nSPS) is 33.6.